The van der Waals surface area contributed by atoms with Gasteiger partial charge in [0.05, 0.1) is 12.6 Å². The fraction of sp³-hybridized carbons (Fsp3) is 0.917. The first-order chi connectivity index (χ1) is 9.01. The van der Waals surface area contributed by atoms with Crippen molar-refractivity contribution >= 4 is 5.91 Å². The van der Waals surface area contributed by atoms with Crippen LogP contribution in [0.2, 0.25) is 0 Å². The van der Waals surface area contributed by atoms with Crippen molar-refractivity contribution in [2.24, 2.45) is 0 Å². The maximum Gasteiger partial charge on any atom is 0.217 e. The number of rotatable bonds is 6. The van der Waals surface area contributed by atoms with Gasteiger partial charge in [0.2, 0.25) is 5.91 Å². The van der Waals surface area contributed by atoms with Crippen LogP contribution in [0.25, 0.3) is 0 Å². The molecular formula is C12H24N2O5. The van der Waals surface area contributed by atoms with Gasteiger partial charge in [0, 0.05) is 6.92 Å². The van der Waals surface area contributed by atoms with Gasteiger partial charge in [-0.25, -0.2) is 0 Å². The Balaban J connectivity index is 2.71. The molecule has 1 aliphatic heterocycles. The first-order valence-electron chi connectivity index (χ1n) is 6.64. The lowest BCUT2D eigenvalue weighted by Gasteiger charge is -2.42. The molecule has 0 aromatic rings. The molecule has 0 radical (unpaired) electrons. The number of ether oxygens (including phenoxy) is 1. The fourth-order valence-corrected chi connectivity index (χ4v) is 2.11. The van der Waals surface area contributed by atoms with Gasteiger partial charge in [-0.3, -0.25) is 10.1 Å². The average molecular weight is 276 g/mol. The molecule has 1 rings (SSSR count). The Hall–Kier alpha value is -0.730. The molecule has 1 amide bonds. The molecule has 1 heterocycles. The van der Waals surface area contributed by atoms with E-state index in [1.807, 2.05) is 6.92 Å². The number of hydrogen-bond acceptors (Lipinski definition) is 6. The monoisotopic (exact) mass is 276 g/mol. The number of carbonyl (C=O) groups excluding carboxylic acids is 1. The molecule has 7 nitrogen and oxygen atoms in total. The summed E-state index contributed by atoms with van der Waals surface area (Å²) < 4.78 is 5.49. The van der Waals surface area contributed by atoms with Crippen molar-refractivity contribution in [2.45, 2.75) is 57.3 Å². The van der Waals surface area contributed by atoms with E-state index in [0.29, 0.717) is 6.54 Å². The van der Waals surface area contributed by atoms with Crippen molar-refractivity contribution in [1.82, 2.24) is 10.6 Å². The lowest BCUT2D eigenvalue weighted by molar-refractivity contribution is -0.202. The Kier molecular flexibility index (Phi) is 6.67. The number of amides is 1. The summed E-state index contributed by atoms with van der Waals surface area (Å²) in [5, 5.41) is 34.6. The Morgan fingerprint density at radius 3 is 2.53 bits per heavy atom. The number of carbonyl (C=O) groups is 1. The van der Waals surface area contributed by atoms with Crippen LogP contribution in [0.3, 0.4) is 0 Å². The lowest BCUT2D eigenvalue weighted by atomic mass is 9.96. The van der Waals surface area contributed by atoms with Crippen molar-refractivity contribution < 1.29 is 24.9 Å². The van der Waals surface area contributed by atoms with Gasteiger partial charge in [0.25, 0.3) is 0 Å². The maximum absolute atomic E-state index is 11.2. The summed E-state index contributed by atoms with van der Waals surface area (Å²) in [4.78, 5) is 11.2. The quantitative estimate of drug-likeness (QED) is 0.371. The highest BCUT2D eigenvalue weighted by molar-refractivity contribution is 5.73. The first kappa shape index (κ1) is 16.3. The summed E-state index contributed by atoms with van der Waals surface area (Å²) in [5.74, 6) is -0.315. The van der Waals surface area contributed by atoms with Gasteiger partial charge in [-0.1, -0.05) is 13.3 Å². The summed E-state index contributed by atoms with van der Waals surface area (Å²) in [7, 11) is 0. The summed E-state index contributed by atoms with van der Waals surface area (Å²) in [5.41, 5.74) is 0. The molecule has 5 N–H and O–H groups in total. The van der Waals surface area contributed by atoms with Gasteiger partial charge in [-0.05, 0) is 13.0 Å². The zero-order valence-corrected chi connectivity index (χ0v) is 11.4. The molecule has 1 fully saturated rings. The second-order valence-electron chi connectivity index (χ2n) is 4.79. The van der Waals surface area contributed by atoms with E-state index in [-0.39, 0.29) is 5.91 Å². The standard InChI is InChI=1S/C12H24N2O5/c1-3-4-5-13-12-9(14-7(2)16)11(18)10(17)8(6-15)19-12/h8-13,15,17-18H,3-6H2,1-2H3,(H,14,16). The normalized spacial score (nSPS) is 35.1. The molecule has 1 aliphatic rings. The van der Waals surface area contributed by atoms with Crippen LogP contribution in [-0.4, -0.2) is 65.0 Å². The van der Waals surface area contributed by atoms with E-state index in [1.165, 1.54) is 6.92 Å². The molecule has 0 bridgehead atoms. The number of aliphatic hydroxyl groups excluding tert-OH is 3. The Morgan fingerprint density at radius 2 is 2.00 bits per heavy atom. The molecule has 0 aliphatic carbocycles. The Labute approximate surface area is 113 Å². The number of hydrogen-bond donors (Lipinski definition) is 5. The van der Waals surface area contributed by atoms with Crippen LogP contribution >= 0.6 is 0 Å². The summed E-state index contributed by atoms with van der Waals surface area (Å²) in [6, 6.07) is -0.743. The van der Waals surface area contributed by atoms with Gasteiger partial charge in [0.1, 0.15) is 24.5 Å². The van der Waals surface area contributed by atoms with E-state index in [1.54, 1.807) is 0 Å². The van der Waals surface area contributed by atoms with Gasteiger partial charge in [-0.15, -0.1) is 0 Å². The summed E-state index contributed by atoms with van der Waals surface area (Å²) >= 11 is 0. The van der Waals surface area contributed by atoms with Crippen LogP contribution < -0.4 is 10.6 Å². The van der Waals surface area contributed by atoms with E-state index in [9.17, 15) is 15.0 Å². The van der Waals surface area contributed by atoms with Crippen molar-refractivity contribution in [3.8, 4) is 0 Å². The fourth-order valence-electron chi connectivity index (χ4n) is 2.11. The second-order valence-corrected chi connectivity index (χ2v) is 4.79. The molecular weight excluding hydrogens is 252 g/mol. The van der Waals surface area contributed by atoms with Crippen molar-refractivity contribution in [3.63, 3.8) is 0 Å². The van der Waals surface area contributed by atoms with Crippen LogP contribution in [0, 0.1) is 0 Å². The van der Waals surface area contributed by atoms with E-state index in [0.717, 1.165) is 12.8 Å². The van der Waals surface area contributed by atoms with Gasteiger partial charge in [-0.2, -0.15) is 0 Å². The van der Waals surface area contributed by atoms with Crippen LogP contribution in [0.5, 0.6) is 0 Å². The minimum Gasteiger partial charge on any atom is -0.394 e. The molecule has 0 saturated carbocycles. The van der Waals surface area contributed by atoms with Crippen molar-refractivity contribution in [1.29, 1.82) is 0 Å². The molecule has 19 heavy (non-hydrogen) atoms. The molecule has 5 unspecified atom stereocenters. The van der Waals surface area contributed by atoms with Crippen molar-refractivity contribution in [3.05, 3.63) is 0 Å². The third kappa shape index (κ3) is 4.39. The van der Waals surface area contributed by atoms with Crippen LogP contribution in [0.15, 0.2) is 0 Å². The zero-order chi connectivity index (χ0) is 14.4. The lowest BCUT2D eigenvalue weighted by Crippen LogP contribution is -2.67. The molecule has 0 aromatic heterocycles. The Bertz CT molecular complexity index is 289. The molecule has 7 heteroatoms. The maximum atomic E-state index is 11.2. The highest BCUT2D eigenvalue weighted by Gasteiger charge is 2.44. The minimum absolute atomic E-state index is 0.315. The largest absolute Gasteiger partial charge is 0.394 e. The molecule has 1 saturated heterocycles. The Morgan fingerprint density at radius 1 is 1.32 bits per heavy atom. The number of aliphatic hydroxyl groups is 3. The molecule has 112 valence electrons. The minimum atomic E-state index is -1.23. The highest BCUT2D eigenvalue weighted by atomic mass is 16.5. The second kappa shape index (κ2) is 7.76. The number of nitrogens with one attached hydrogen (secondary N) is 2. The first-order valence-corrected chi connectivity index (χ1v) is 6.64. The predicted molar refractivity (Wildman–Crippen MR) is 68.3 cm³/mol. The third-order valence-corrected chi connectivity index (χ3v) is 3.17. The van der Waals surface area contributed by atoms with Gasteiger partial charge >= 0.3 is 0 Å². The van der Waals surface area contributed by atoms with E-state index < -0.39 is 37.2 Å². The predicted octanol–water partition coefficient (Wildman–Crippen LogP) is -1.68. The van der Waals surface area contributed by atoms with Crippen LogP contribution in [-0.2, 0) is 9.53 Å². The van der Waals surface area contributed by atoms with Crippen LogP contribution in [0.4, 0.5) is 0 Å². The molecule has 0 aromatic carbocycles. The number of unbranched alkanes of at least 4 members (excludes halogenated alkanes) is 1. The smallest absolute Gasteiger partial charge is 0.217 e. The third-order valence-electron chi connectivity index (χ3n) is 3.17. The van der Waals surface area contributed by atoms with Gasteiger partial charge in [0.15, 0.2) is 0 Å². The van der Waals surface area contributed by atoms with E-state index >= 15 is 0 Å². The highest BCUT2D eigenvalue weighted by Crippen LogP contribution is 2.19. The van der Waals surface area contributed by atoms with Crippen molar-refractivity contribution in [2.75, 3.05) is 13.2 Å². The SMILES string of the molecule is CCCCNC1OC(CO)C(O)C(O)C1NC(C)=O. The van der Waals surface area contributed by atoms with Crippen LogP contribution in [0.1, 0.15) is 26.7 Å². The van der Waals surface area contributed by atoms with E-state index in [4.69, 9.17) is 9.84 Å². The average Bonchev–Trinajstić information content (AvgIpc) is 2.37. The zero-order valence-electron chi connectivity index (χ0n) is 11.4. The molecule has 5 atom stereocenters. The topological polar surface area (TPSA) is 111 Å². The van der Waals surface area contributed by atoms with Gasteiger partial charge < -0.3 is 25.4 Å². The summed E-state index contributed by atoms with van der Waals surface area (Å²) in [6.45, 7) is 3.65. The summed E-state index contributed by atoms with van der Waals surface area (Å²) in [6.07, 6.45) is -1.99. The molecule has 0 spiro atoms. The van der Waals surface area contributed by atoms with E-state index in [2.05, 4.69) is 10.6 Å².